The molecular weight excluding hydrogens is 489 g/mol. The van der Waals surface area contributed by atoms with Crippen molar-refractivity contribution in [3.05, 3.63) is 59.2 Å². The van der Waals surface area contributed by atoms with Gasteiger partial charge in [-0.15, -0.1) is 11.3 Å². The van der Waals surface area contributed by atoms with E-state index < -0.39 is 27.3 Å². The molecule has 0 unspecified atom stereocenters. The lowest BCUT2D eigenvalue weighted by Crippen LogP contribution is -2.35. The van der Waals surface area contributed by atoms with Crippen molar-refractivity contribution in [1.29, 1.82) is 0 Å². The monoisotopic (exact) mass is 510 g/mol. The summed E-state index contributed by atoms with van der Waals surface area (Å²) < 4.78 is 65.4. The minimum Gasteiger partial charge on any atom is -0.325 e. The lowest BCUT2D eigenvalue weighted by molar-refractivity contribution is -0.141. The summed E-state index contributed by atoms with van der Waals surface area (Å²) in [6, 6.07) is 9.95. The summed E-state index contributed by atoms with van der Waals surface area (Å²) in [4.78, 5) is 20.9. The van der Waals surface area contributed by atoms with E-state index in [9.17, 15) is 26.4 Å². The second kappa shape index (κ2) is 8.66. The predicted molar refractivity (Wildman–Crippen MR) is 124 cm³/mol. The highest BCUT2D eigenvalue weighted by Gasteiger charge is 2.37. The Balaban J connectivity index is 1.45. The van der Waals surface area contributed by atoms with Crippen molar-refractivity contribution in [2.24, 2.45) is 0 Å². The fourth-order valence-corrected chi connectivity index (χ4v) is 5.55. The maximum absolute atomic E-state index is 12.9. The molecule has 0 spiro atoms. The average Bonchev–Trinajstić information content (AvgIpc) is 3.54. The number of halogens is 3. The maximum atomic E-state index is 12.9. The molecule has 180 valence electrons. The molecule has 1 aromatic carbocycles. The summed E-state index contributed by atoms with van der Waals surface area (Å²) in [5, 5.41) is 4.22. The third-order valence-corrected chi connectivity index (χ3v) is 8.10. The van der Waals surface area contributed by atoms with Crippen LogP contribution in [0.15, 0.2) is 47.8 Å². The molecule has 0 atom stereocenters. The third-order valence-electron chi connectivity index (χ3n) is 5.38. The zero-order chi connectivity index (χ0) is 24.7. The third kappa shape index (κ3) is 5.22. The molecule has 3 aromatic rings. The lowest BCUT2D eigenvalue weighted by atomic mass is 9.89. The quantitative estimate of drug-likeness (QED) is 0.464. The van der Waals surface area contributed by atoms with Crippen LogP contribution >= 0.6 is 11.3 Å². The molecule has 34 heavy (non-hydrogen) atoms. The van der Waals surface area contributed by atoms with Crippen molar-refractivity contribution in [3.8, 4) is 11.3 Å². The first-order valence-electron chi connectivity index (χ1n) is 10.3. The van der Waals surface area contributed by atoms with Gasteiger partial charge in [0.1, 0.15) is 5.69 Å². The Morgan fingerprint density at radius 1 is 1.03 bits per heavy atom. The Labute approximate surface area is 198 Å². The Morgan fingerprint density at radius 2 is 1.71 bits per heavy atom. The molecule has 0 aliphatic heterocycles. The number of carbonyl (C=O) groups is 1. The normalized spacial score (nSPS) is 14.6. The van der Waals surface area contributed by atoms with Crippen molar-refractivity contribution < 1.29 is 26.4 Å². The second-order valence-corrected chi connectivity index (χ2v) is 11.3. The summed E-state index contributed by atoms with van der Waals surface area (Å²) in [7, 11) is -3.45. The van der Waals surface area contributed by atoms with E-state index in [0.717, 1.165) is 17.4 Å². The van der Waals surface area contributed by atoms with Gasteiger partial charge in [0.25, 0.3) is 0 Å². The molecule has 12 heteroatoms. The van der Waals surface area contributed by atoms with Crippen LogP contribution in [0, 0.1) is 0 Å². The first kappa shape index (κ1) is 24.1. The number of alkyl halides is 3. The van der Waals surface area contributed by atoms with Crippen LogP contribution in [0.25, 0.3) is 11.3 Å². The van der Waals surface area contributed by atoms with Crippen LogP contribution in [0.5, 0.6) is 0 Å². The molecular formula is C22H21F3N4O3S2. The largest absolute Gasteiger partial charge is 0.433 e. The number of pyridine rings is 1. The fraction of sp³-hybridized carbons (Fsp3) is 0.318. The van der Waals surface area contributed by atoms with E-state index in [1.54, 1.807) is 43.5 Å². The minimum absolute atomic E-state index is 0.164. The molecule has 0 saturated heterocycles. The van der Waals surface area contributed by atoms with Gasteiger partial charge in [-0.2, -0.15) is 13.2 Å². The van der Waals surface area contributed by atoms with E-state index in [1.807, 2.05) is 0 Å². The Kier molecular flexibility index (Phi) is 6.15. The van der Waals surface area contributed by atoms with E-state index >= 15 is 0 Å². The van der Waals surface area contributed by atoms with Crippen LogP contribution in [-0.2, 0) is 26.4 Å². The Bertz CT molecular complexity index is 1320. The van der Waals surface area contributed by atoms with Gasteiger partial charge in [0.05, 0.1) is 22.1 Å². The summed E-state index contributed by atoms with van der Waals surface area (Å²) in [5.74, 6) is -0.376. The zero-order valence-corrected chi connectivity index (χ0v) is 19.8. The van der Waals surface area contributed by atoms with Gasteiger partial charge in [-0.1, -0.05) is 18.2 Å². The van der Waals surface area contributed by atoms with Crippen LogP contribution in [0.4, 0.5) is 24.0 Å². The SMILES string of the molecule is CC(C)(C(=O)Nc1ccc(-c2cccc(C(F)(F)F)n2)cc1)c1csc(NS(=O)(=O)C2CC2)n1. The molecule has 2 heterocycles. The summed E-state index contributed by atoms with van der Waals surface area (Å²) in [6.07, 6.45) is -3.28. The fourth-order valence-electron chi connectivity index (χ4n) is 3.07. The van der Waals surface area contributed by atoms with E-state index in [4.69, 9.17) is 0 Å². The number of thiazole rings is 1. The number of amides is 1. The first-order valence-corrected chi connectivity index (χ1v) is 12.7. The van der Waals surface area contributed by atoms with E-state index in [0.29, 0.717) is 29.8 Å². The van der Waals surface area contributed by atoms with Crippen LogP contribution in [0.3, 0.4) is 0 Å². The van der Waals surface area contributed by atoms with Gasteiger partial charge in [-0.25, -0.2) is 18.4 Å². The lowest BCUT2D eigenvalue weighted by Gasteiger charge is -2.21. The van der Waals surface area contributed by atoms with Gasteiger partial charge in [0.15, 0.2) is 5.13 Å². The molecule has 0 radical (unpaired) electrons. The van der Waals surface area contributed by atoms with Gasteiger partial charge >= 0.3 is 6.18 Å². The number of benzene rings is 1. The van der Waals surface area contributed by atoms with E-state index in [-0.39, 0.29) is 22.0 Å². The number of anilines is 2. The van der Waals surface area contributed by atoms with Crippen molar-refractivity contribution in [2.75, 3.05) is 10.0 Å². The van der Waals surface area contributed by atoms with E-state index in [2.05, 4.69) is 20.0 Å². The molecule has 4 rings (SSSR count). The molecule has 1 aliphatic rings. The molecule has 2 aromatic heterocycles. The topological polar surface area (TPSA) is 101 Å². The number of hydrogen-bond donors (Lipinski definition) is 2. The van der Waals surface area contributed by atoms with Crippen LogP contribution < -0.4 is 10.0 Å². The van der Waals surface area contributed by atoms with Gasteiger partial charge in [-0.3, -0.25) is 9.52 Å². The summed E-state index contributed by atoms with van der Waals surface area (Å²) >= 11 is 1.11. The Morgan fingerprint density at radius 3 is 2.32 bits per heavy atom. The summed E-state index contributed by atoms with van der Waals surface area (Å²) in [6.45, 7) is 3.33. The van der Waals surface area contributed by atoms with Gasteiger partial charge in [0.2, 0.25) is 15.9 Å². The molecule has 1 saturated carbocycles. The number of rotatable bonds is 7. The standard InChI is InChI=1S/C22H21F3N4O3S2/c1-21(2,18-12-33-20(28-18)29-34(31,32)15-10-11-15)19(30)26-14-8-6-13(7-9-14)16-4-3-5-17(27-16)22(23,24)25/h3-9,12,15H,10-11H2,1-2H3,(H,26,30)(H,28,29). The van der Waals surface area contributed by atoms with E-state index in [1.165, 1.54) is 12.1 Å². The first-order chi connectivity index (χ1) is 15.9. The van der Waals surface area contributed by atoms with Gasteiger partial charge in [-0.05, 0) is 51.0 Å². The smallest absolute Gasteiger partial charge is 0.325 e. The average molecular weight is 511 g/mol. The molecule has 1 fully saturated rings. The predicted octanol–water partition coefficient (Wildman–Crippen LogP) is 5.04. The number of aromatic nitrogens is 2. The highest BCUT2D eigenvalue weighted by molar-refractivity contribution is 7.93. The van der Waals surface area contributed by atoms with Crippen molar-refractivity contribution in [1.82, 2.24) is 9.97 Å². The number of nitrogens with one attached hydrogen (secondary N) is 2. The van der Waals surface area contributed by atoms with Crippen molar-refractivity contribution >= 4 is 38.1 Å². The van der Waals surface area contributed by atoms with Crippen LogP contribution in [0.1, 0.15) is 38.1 Å². The van der Waals surface area contributed by atoms with Crippen molar-refractivity contribution in [3.63, 3.8) is 0 Å². The minimum atomic E-state index is -4.54. The second-order valence-electron chi connectivity index (χ2n) is 8.45. The van der Waals surface area contributed by atoms with Crippen LogP contribution in [-0.4, -0.2) is 29.5 Å². The molecule has 0 bridgehead atoms. The number of hydrogen-bond acceptors (Lipinski definition) is 6. The molecule has 2 N–H and O–H groups in total. The van der Waals surface area contributed by atoms with Crippen molar-refractivity contribution in [2.45, 2.75) is 43.5 Å². The maximum Gasteiger partial charge on any atom is 0.433 e. The van der Waals surface area contributed by atoms with Gasteiger partial charge < -0.3 is 5.32 Å². The number of carbonyl (C=O) groups excluding carboxylic acids is 1. The highest BCUT2D eigenvalue weighted by atomic mass is 32.2. The zero-order valence-electron chi connectivity index (χ0n) is 18.2. The molecule has 7 nitrogen and oxygen atoms in total. The number of sulfonamides is 1. The van der Waals surface area contributed by atoms with Gasteiger partial charge in [0, 0.05) is 16.6 Å². The van der Waals surface area contributed by atoms with Crippen LogP contribution in [0.2, 0.25) is 0 Å². The highest BCUT2D eigenvalue weighted by Crippen LogP contribution is 2.33. The summed E-state index contributed by atoms with van der Waals surface area (Å²) in [5.41, 5.74) is -0.564. The number of nitrogens with zero attached hydrogens (tertiary/aromatic N) is 2. The molecule has 1 amide bonds. The molecule has 1 aliphatic carbocycles. The Hall–Kier alpha value is -2.99.